The number of nitrogens with zero attached hydrogens (tertiary/aromatic N) is 3. The lowest BCUT2D eigenvalue weighted by Gasteiger charge is -2.10. The predicted molar refractivity (Wildman–Crippen MR) is 122 cm³/mol. The minimum Gasteiger partial charge on any atom is -0.441 e. The molecule has 0 aliphatic rings. The molecular formula is C22H17Cl3N4O2. The summed E-state index contributed by atoms with van der Waals surface area (Å²) in [6.07, 6.45) is 3.77. The number of aryl methyl sites for hydroxylation is 1. The maximum Gasteiger partial charge on any atom is 0.226 e. The second-order valence-corrected chi connectivity index (χ2v) is 7.93. The first-order valence-corrected chi connectivity index (χ1v) is 10.6. The minimum atomic E-state index is -0.184. The van der Waals surface area contributed by atoms with Crippen LogP contribution in [0.5, 0.6) is 0 Å². The van der Waals surface area contributed by atoms with Crippen LogP contribution in [0.4, 0.5) is 5.82 Å². The fourth-order valence-electron chi connectivity index (χ4n) is 3.03. The van der Waals surface area contributed by atoms with E-state index in [1.165, 1.54) is 0 Å². The lowest BCUT2D eigenvalue weighted by molar-refractivity contribution is -0.116. The molecule has 0 atom stereocenters. The molecule has 4 rings (SSSR count). The van der Waals surface area contributed by atoms with E-state index in [-0.39, 0.29) is 12.3 Å². The van der Waals surface area contributed by atoms with Crippen molar-refractivity contribution >= 4 is 46.5 Å². The Morgan fingerprint density at radius 1 is 1.03 bits per heavy atom. The Morgan fingerprint density at radius 3 is 2.68 bits per heavy atom. The third kappa shape index (κ3) is 5.10. The van der Waals surface area contributed by atoms with E-state index in [0.29, 0.717) is 45.5 Å². The highest BCUT2D eigenvalue weighted by Gasteiger charge is 2.13. The SMILES string of the molecule is O=C(CCc1ncc(-c2ccccc2Cl)o1)Nc1ccnn1Cc1cccc(Cl)c1Cl. The summed E-state index contributed by atoms with van der Waals surface area (Å²) in [6, 6.07) is 14.5. The highest BCUT2D eigenvalue weighted by Crippen LogP contribution is 2.28. The van der Waals surface area contributed by atoms with Gasteiger partial charge in [-0.3, -0.25) is 4.79 Å². The van der Waals surface area contributed by atoms with Gasteiger partial charge >= 0.3 is 0 Å². The van der Waals surface area contributed by atoms with Crippen LogP contribution in [-0.2, 0) is 17.8 Å². The van der Waals surface area contributed by atoms with Gasteiger partial charge in [0.05, 0.1) is 34.0 Å². The van der Waals surface area contributed by atoms with Crippen molar-refractivity contribution in [2.45, 2.75) is 19.4 Å². The van der Waals surface area contributed by atoms with E-state index in [4.69, 9.17) is 39.2 Å². The monoisotopic (exact) mass is 474 g/mol. The van der Waals surface area contributed by atoms with Gasteiger partial charge in [-0.1, -0.05) is 59.1 Å². The average molecular weight is 476 g/mol. The molecule has 31 heavy (non-hydrogen) atoms. The van der Waals surface area contributed by atoms with Crippen molar-refractivity contribution in [1.29, 1.82) is 0 Å². The van der Waals surface area contributed by atoms with Crippen molar-refractivity contribution in [1.82, 2.24) is 14.8 Å². The normalized spacial score (nSPS) is 10.9. The summed E-state index contributed by atoms with van der Waals surface area (Å²) in [5, 5.41) is 8.63. The van der Waals surface area contributed by atoms with Crippen molar-refractivity contribution in [3.8, 4) is 11.3 Å². The molecule has 0 fully saturated rings. The second kappa shape index (κ2) is 9.56. The van der Waals surface area contributed by atoms with Crippen molar-refractivity contribution in [3.05, 3.63) is 87.4 Å². The van der Waals surface area contributed by atoms with Gasteiger partial charge in [0.15, 0.2) is 11.7 Å². The van der Waals surface area contributed by atoms with E-state index in [2.05, 4.69) is 15.4 Å². The first-order valence-electron chi connectivity index (χ1n) is 9.45. The third-order valence-corrected chi connectivity index (χ3v) is 5.78. The van der Waals surface area contributed by atoms with Crippen LogP contribution in [0.25, 0.3) is 11.3 Å². The van der Waals surface area contributed by atoms with Gasteiger partial charge in [0.2, 0.25) is 5.91 Å². The van der Waals surface area contributed by atoms with Crippen molar-refractivity contribution in [3.63, 3.8) is 0 Å². The Morgan fingerprint density at radius 2 is 1.84 bits per heavy atom. The molecule has 0 aliphatic heterocycles. The topological polar surface area (TPSA) is 73.0 Å². The fourth-order valence-corrected chi connectivity index (χ4v) is 3.64. The lowest BCUT2D eigenvalue weighted by atomic mass is 10.2. The molecule has 2 aromatic carbocycles. The Kier molecular flexibility index (Phi) is 6.61. The summed E-state index contributed by atoms with van der Waals surface area (Å²) >= 11 is 18.5. The number of amides is 1. The Bertz CT molecular complexity index is 1220. The zero-order chi connectivity index (χ0) is 21.8. The number of carbonyl (C=O) groups excluding carboxylic acids is 1. The van der Waals surface area contributed by atoms with Gasteiger partial charge in [0.1, 0.15) is 5.82 Å². The molecule has 0 radical (unpaired) electrons. The standard InChI is InChI=1S/C22H17Cl3N4O2/c23-16-6-2-1-5-15(16)18-12-26-21(31-18)9-8-20(30)28-19-10-11-27-29(19)13-14-4-3-7-17(24)22(14)25/h1-7,10-12H,8-9,13H2,(H,28,30). The van der Waals surface area contributed by atoms with Gasteiger partial charge in [0.25, 0.3) is 0 Å². The summed E-state index contributed by atoms with van der Waals surface area (Å²) in [5.41, 5.74) is 1.57. The van der Waals surface area contributed by atoms with Gasteiger partial charge in [-0.25, -0.2) is 9.67 Å². The van der Waals surface area contributed by atoms with E-state index < -0.39 is 0 Å². The molecule has 0 saturated heterocycles. The summed E-state index contributed by atoms with van der Waals surface area (Å²) < 4.78 is 7.39. The molecule has 0 spiro atoms. The number of oxazole rings is 1. The molecular weight excluding hydrogens is 459 g/mol. The number of halogens is 3. The fraction of sp³-hybridized carbons (Fsp3) is 0.136. The van der Waals surface area contributed by atoms with Crippen molar-refractivity contribution < 1.29 is 9.21 Å². The average Bonchev–Trinajstić information content (AvgIpc) is 3.40. The molecule has 9 heteroatoms. The predicted octanol–water partition coefficient (Wildman–Crippen LogP) is 6.12. The molecule has 4 aromatic rings. The zero-order valence-corrected chi connectivity index (χ0v) is 18.5. The lowest BCUT2D eigenvalue weighted by Crippen LogP contribution is -2.16. The number of hydrogen-bond donors (Lipinski definition) is 1. The second-order valence-electron chi connectivity index (χ2n) is 6.73. The van der Waals surface area contributed by atoms with E-state index in [1.54, 1.807) is 35.3 Å². The molecule has 0 saturated carbocycles. The quantitative estimate of drug-likeness (QED) is 0.349. The van der Waals surface area contributed by atoms with Crippen LogP contribution in [0.1, 0.15) is 17.9 Å². The minimum absolute atomic E-state index is 0.184. The first-order chi connectivity index (χ1) is 15.0. The van der Waals surface area contributed by atoms with E-state index in [0.717, 1.165) is 11.1 Å². The number of carbonyl (C=O) groups is 1. The summed E-state index contributed by atoms with van der Waals surface area (Å²) in [6.45, 7) is 0.378. The maximum atomic E-state index is 12.5. The largest absolute Gasteiger partial charge is 0.441 e. The van der Waals surface area contributed by atoms with E-state index in [9.17, 15) is 4.79 Å². The molecule has 2 heterocycles. The summed E-state index contributed by atoms with van der Waals surface area (Å²) in [7, 11) is 0. The number of benzene rings is 2. The number of nitrogens with one attached hydrogen (secondary N) is 1. The maximum absolute atomic E-state index is 12.5. The van der Waals surface area contributed by atoms with Crippen LogP contribution in [0.15, 0.2) is 65.3 Å². The van der Waals surface area contributed by atoms with Crippen LogP contribution in [0, 0.1) is 0 Å². The van der Waals surface area contributed by atoms with Gasteiger partial charge in [0, 0.05) is 24.5 Å². The molecule has 0 aliphatic carbocycles. The van der Waals surface area contributed by atoms with Crippen LogP contribution < -0.4 is 5.32 Å². The highest BCUT2D eigenvalue weighted by atomic mass is 35.5. The number of rotatable bonds is 7. The van der Waals surface area contributed by atoms with Crippen LogP contribution >= 0.6 is 34.8 Å². The highest BCUT2D eigenvalue weighted by molar-refractivity contribution is 6.42. The van der Waals surface area contributed by atoms with Crippen molar-refractivity contribution in [2.24, 2.45) is 0 Å². The molecule has 0 unspecified atom stereocenters. The van der Waals surface area contributed by atoms with Gasteiger partial charge < -0.3 is 9.73 Å². The zero-order valence-electron chi connectivity index (χ0n) is 16.2. The molecule has 1 amide bonds. The Balaban J connectivity index is 1.37. The third-order valence-electron chi connectivity index (χ3n) is 4.59. The van der Waals surface area contributed by atoms with Crippen LogP contribution in [-0.4, -0.2) is 20.7 Å². The number of hydrogen-bond acceptors (Lipinski definition) is 4. The van der Waals surface area contributed by atoms with Crippen LogP contribution in [0.2, 0.25) is 15.1 Å². The van der Waals surface area contributed by atoms with Gasteiger partial charge in [-0.15, -0.1) is 0 Å². The summed E-state index contributed by atoms with van der Waals surface area (Å²) in [5.74, 6) is 1.41. The van der Waals surface area contributed by atoms with Crippen molar-refractivity contribution in [2.75, 3.05) is 5.32 Å². The summed E-state index contributed by atoms with van der Waals surface area (Å²) in [4.78, 5) is 16.7. The molecule has 1 N–H and O–H groups in total. The molecule has 6 nitrogen and oxygen atoms in total. The van der Waals surface area contributed by atoms with Crippen LogP contribution in [0.3, 0.4) is 0 Å². The smallest absolute Gasteiger partial charge is 0.226 e. The molecule has 2 aromatic heterocycles. The number of anilines is 1. The first kappa shape index (κ1) is 21.4. The van der Waals surface area contributed by atoms with Gasteiger partial charge in [-0.05, 0) is 23.8 Å². The van der Waals surface area contributed by atoms with Gasteiger partial charge in [-0.2, -0.15) is 5.10 Å². The Labute approximate surface area is 193 Å². The number of aromatic nitrogens is 3. The molecule has 0 bridgehead atoms. The van der Waals surface area contributed by atoms with E-state index >= 15 is 0 Å². The Hall–Kier alpha value is -2.80. The van der Waals surface area contributed by atoms with E-state index in [1.807, 2.05) is 30.3 Å². The molecule has 158 valence electrons.